The number of rotatable bonds is 1. The Hall–Kier alpha value is -1.51. The van der Waals surface area contributed by atoms with Crippen LogP contribution in [0.15, 0.2) is 17.1 Å². The zero-order valence-electron chi connectivity index (χ0n) is 15.2. The van der Waals surface area contributed by atoms with Gasteiger partial charge in [0, 0.05) is 5.56 Å². The fraction of sp³-hybridized carbons (Fsp3) is 0.632. The standard InChI is InChI=1S/C19H29NO2/c1-17(2,3)12-9-13(16-20-19(7,8)11-22-16)15(21)14(10-12)18(4,5)6/h9-10,21H,11H2,1-8H3. The van der Waals surface area contributed by atoms with E-state index in [9.17, 15) is 5.11 Å². The first kappa shape index (κ1) is 16.9. The van der Waals surface area contributed by atoms with Crippen LogP contribution < -0.4 is 0 Å². The van der Waals surface area contributed by atoms with E-state index in [0.717, 1.165) is 5.56 Å². The Labute approximate surface area is 134 Å². The van der Waals surface area contributed by atoms with Gasteiger partial charge in [0.25, 0.3) is 0 Å². The summed E-state index contributed by atoms with van der Waals surface area (Å²) in [6.45, 7) is 17.5. The van der Waals surface area contributed by atoms with Crippen LogP contribution in [0.1, 0.15) is 72.1 Å². The molecule has 0 radical (unpaired) electrons. The van der Waals surface area contributed by atoms with Crippen molar-refractivity contribution < 1.29 is 9.84 Å². The average molecular weight is 303 g/mol. The third-order valence-corrected chi connectivity index (χ3v) is 3.98. The van der Waals surface area contributed by atoms with E-state index in [0.29, 0.717) is 18.1 Å². The van der Waals surface area contributed by atoms with Crippen molar-refractivity contribution in [3.63, 3.8) is 0 Å². The smallest absolute Gasteiger partial charge is 0.220 e. The van der Waals surface area contributed by atoms with Crippen LogP contribution in [-0.4, -0.2) is 23.2 Å². The van der Waals surface area contributed by atoms with E-state index >= 15 is 0 Å². The number of hydrogen-bond acceptors (Lipinski definition) is 3. The van der Waals surface area contributed by atoms with Gasteiger partial charge in [0.15, 0.2) is 0 Å². The molecule has 122 valence electrons. The van der Waals surface area contributed by atoms with Crippen molar-refractivity contribution in [1.29, 1.82) is 0 Å². The molecule has 3 nitrogen and oxygen atoms in total. The highest BCUT2D eigenvalue weighted by molar-refractivity contribution is 5.98. The van der Waals surface area contributed by atoms with Gasteiger partial charge in [0.2, 0.25) is 5.90 Å². The van der Waals surface area contributed by atoms with Gasteiger partial charge in [-0.2, -0.15) is 0 Å². The number of phenols is 1. The van der Waals surface area contributed by atoms with Crippen LogP contribution in [0.2, 0.25) is 0 Å². The van der Waals surface area contributed by atoms with E-state index in [4.69, 9.17) is 4.74 Å². The summed E-state index contributed by atoms with van der Waals surface area (Å²) in [5, 5.41) is 10.8. The Morgan fingerprint density at radius 2 is 1.64 bits per heavy atom. The number of benzene rings is 1. The molecular formula is C19H29NO2. The van der Waals surface area contributed by atoms with Crippen LogP contribution in [0.4, 0.5) is 0 Å². The molecule has 1 aliphatic heterocycles. The van der Waals surface area contributed by atoms with Crippen molar-refractivity contribution in [2.75, 3.05) is 6.61 Å². The quantitative estimate of drug-likeness (QED) is 0.827. The van der Waals surface area contributed by atoms with Crippen LogP contribution in [0.5, 0.6) is 5.75 Å². The molecule has 3 heteroatoms. The molecule has 2 rings (SSSR count). The molecular weight excluding hydrogens is 274 g/mol. The van der Waals surface area contributed by atoms with E-state index in [2.05, 4.69) is 52.6 Å². The van der Waals surface area contributed by atoms with Crippen LogP contribution in [-0.2, 0) is 15.6 Å². The fourth-order valence-electron chi connectivity index (χ4n) is 2.52. The highest BCUT2D eigenvalue weighted by Crippen LogP contribution is 2.39. The molecule has 1 aliphatic rings. The number of aromatic hydroxyl groups is 1. The predicted molar refractivity (Wildman–Crippen MR) is 92.1 cm³/mol. The number of phenolic OH excluding ortho intramolecular Hbond substituents is 1. The lowest BCUT2D eigenvalue weighted by Gasteiger charge is -2.27. The molecule has 1 heterocycles. The third-order valence-electron chi connectivity index (χ3n) is 3.98. The summed E-state index contributed by atoms with van der Waals surface area (Å²) >= 11 is 0. The van der Waals surface area contributed by atoms with Crippen LogP contribution in [0.3, 0.4) is 0 Å². The SMILES string of the molecule is CC1(C)COC(c2cc(C(C)(C)C)cc(C(C)(C)C)c2O)=N1. The van der Waals surface area contributed by atoms with E-state index < -0.39 is 0 Å². The molecule has 1 aromatic rings. The summed E-state index contributed by atoms with van der Waals surface area (Å²) in [5.41, 5.74) is 2.45. The minimum Gasteiger partial charge on any atom is -0.507 e. The van der Waals surface area contributed by atoms with Crippen LogP contribution in [0, 0.1) is 0 Å². The molecule has 0 saturated carbocycles. The number of hydrogen-bond donors (Lipinski definition) is 1. The van der Waals surface area contributed by atoms with Gasteiger partial charge >= 0.3 is 0 Å². The third kappa shape index (κ3) is 3.29. The van der Waals surface area contributed by atoms with Crippen molar-refractivity contribution in [2.24, 2.45) is 4.99 Å². The molecule has 0 amide bonds. The highest BCUT2D eigenvalue weighted by atomic mass is 16.5. The highest BCUT2D eigenvalue weighted by Gasteiger charge is 2.32. The minimum absolute atomic E-state index is 0.00285. The van der Waals surface area contributed by atoms with Gasteiger partial charge in [-0.25, -0.2) is 4.99 Å². The first-order chi connectivity index (χ1) is 9.81. The van der Waals surface area contributed by atoms with E-state index in [1.165, 1.54) is 5.56 Å². The second kappa shape index (κ2) is 5.00. The summed E-state index contributed by atoms with van der Waals surface area (Å²) in [5.74, 6) is 0.844. The molecule has 0 bridgehead atoms. The molecule has 0 atom stereocenters. The molecule has 0 unspecified atom stereocenters. The Kier molecular flexibility index (Phi) is 3.83. The zero-order valence-corrected chi connectivity index (χ0v) is 15.2. The monoisotopic (exact) mass is 303 g/mol. The maximum Gasteiger partial charge on any atom is 0.220 e. The number of aliphatic imine (C=N–C) groups is 1. The average Bonchev–Trinajstić information content (AvgIpc) is 2.66. The molecule has 1 N–H and O–H groups in total. The number of nitrogens with zero attached hydrogens (tertiary/aromatic N) is 1. The van der Waals surface area contributed by atoms with E-state index in [1.807, 2.05) is 19.9 Å². The van der Waals surface area contributed by atoms with Crippen molar-refractivity contribution in [3.8, 4) is 5.75 Å². The summed E-state index contributed by atoms with van der Waals surface area (Å²) < 4.78 is 5.76. The molecule has 0 aromatic heterocycles. The summed E-state index contributed by atoms with van der Waals surface area (Å²) in [4.78, 5) is 4.63. The van der Waals surface area contributed by atoms with E-state index in [-0.39, 0.29) is 22.1 Å². The maximum atomic E-state index is 10.8. The Bertz CT molecular complexity index is 614. The van der Waals surface area contributed by atoms with Crippen LogP contribution in [0.25, 0.3) is 0 Å². The molecule has 22 heavy (non-hydrogen) atoms. The van der Waals surface area contributed by atoms with E-state index in [1.54, 1.807) is 0 Å². The predicted octanol–water partition coefficient (Wildman–Crippen LogP) is 4.54. The van der Waals surface area contributed by atoms with Gasteiger partial charge in [-0.3, -0.25) is 0 Å². The van der Waals surface area contributed by atoms with Gasteiger partial charge in [0.05, 0.1) is 11.1 Å². The lowest BCUT2D eigenvalue weighted by molar-refractivity contribution is 0.278. The van der Waals surface area contributed by atoms with Gasteiger partial charge in [-0.15, -0.1) is 0 Å². The van der Waals surface area contributed by atoms with Gasteiger partial charge in [-0.1, -0.05) is 47.6 Å². The van der Waals surface area contributed by atoms with Gasteiger partial charge in [0.1, 0.15) is 12.4 Å². The lowest BCUT2D eigenvalue weighted by Crippen LogP contribution is -2.19. The first-order valence-corrected chi connectivity index (χ1v) is 7.92. The molecule has 0 aliphatic carbocycles. The van der Waals surface area contributed by atoms with Crippen molar-refractivity contribution in [1.82, 2.24) is 0 Å². The zero-order chi connectivity index (χ0) is 16.9. The maximum absolute atomic E-state index is 10.8. The fourth-order valence-corrected chi connectivity index (χ4v) is 2.52. The van der Waals surface area contributed by atoms with Crippen LogP contribution >= 0.6 is 0 Å². The second-order valence-corrected chi connectivity index (χ2v) is 8.94. The van der Waals surface area contributed by atoms with Gasteiger partial charge < -0.3 is 9.84 Å². The second-order valence-electron chi connectivity index (χ2n) is 8.94. The normalized spacial score (nSPS) is 18.1. The molecule has 0 fully saturated rings. The lowest BCUT2D eigenvalue weighted by atomic mass is 9.79. The topological polar surface area (TPSA) is 41.8 Å². The molecule has 1 aromatic carbocycles. The minimum atomic E-state index is -0.235. The molecule has 0 spiro atoms. The summed E-state index contributed by atoms with van der Waals surface area (Å²) in [6.07, 6.45) is 0. The van der Waals surface area contributed by atoms with Crippen molar-refractivity contribution in [2.45, 2.75) is 71.8 Å². The first-order valence-electron chi connectivity index (χ1n) is 7.92. The summed E-state index contributed by atoms with van der Waals surface area (Å²) in [6, 6.07) is 4.13. The largest absolute Gasteiger partial charge is 0.507 e. The Balaban J connectivity index is 2.69. The van der Waals surface area contributed by atoms with Crippen molar-refractivity contribution >= 4 is 5.90 Å². The van der Waals surface area contributed by atoms with Crippen molar-refractivity contribution in [3.05, 3.63) is 28.8 Å². The van der Waals surface area contributed by atoms with Gasteiger partial charge in [-0.05, 0) is 36.3 Å². The number of ether oxygens (including phenoxy) is 1. The summed E-state index contributed by atoms with van der Waals surface area (Å²) in [7, 11) is 0. The molecule has 0 saturated heterocycles. The Morgan fingerprint density at radius 1 is 1.05 bits per heavy atom. The Morgan fingerprint density at radius 3 is 2.05 bits per heavy atom.